The fourth-order valence-corrected chi connectivity index (χ4v) is 5.50. The number of hydrogen-bond donors (Lipinski definition) is 12. The molecule has 0 bridgehead atoms. The van der Waals surface area contributed by atoms with Crippen molar-refractivity contribution in [2.45, 2.75) is 118 Å². The molecule has 1 aliphatic carbocycles. The van der Waals surface area contributed by atoms with Crippen molar-refractivity contribution in [3.05, 3.63) is 0 Å². The van der Waals surface area contributed by atoms with Gasteiger partial charge < -0.3 is 83.4 Å². The molecule has 3 fully saturated rings. The number of Topliss-reactive ketones (excluding diaryl/α,β-unsaturated/α-hetero) is 1. The van der Waals surface area contributed by atoms with Crippen LogP contribution in [-0.4, -0.2) is 152 Å². The van der Waals surface area contributed by atoms with Crippen LogP contribution in [0.2, 0.25) is 0 Å². The number of hydrogen-bond acceptors (Lipinski definition) is 16. The molecule has 18 heteroatoms. The molecule has 6 unspecified atom stereocenters. The summed E-state index contributed by atoms with van der Waals surface area (Å²) in [6.07, 6.45) is -18.6. The first-order chi connectivity index (χ1) is 19.7. The minimum atomic E-state index is -1.62. The van der Waals surface area contributed by atoms with Crippen molar-refractivity contribution in [3.8, 4) is 0 Å². The molecule has 0 aromatic rings. The molecule has 244 valence electrons. The number of aliphatic hydroxyl groups is 7. The largest absolute Gasteiger partial charge is 0.391 e. The van der Waals surface area contributed by atoms with Crippen LogP contribution in [0.15, 0.2) is 4.99 Å². The fourth-order valence-electron chi connectivity index (χ4n) is 5.50. The van der Waals surface area contributed by atoms with E-state index < -0.39 is 104 Å². The van der Waals surface area contributed by atoms with Crippen LogP contribution in [0, 0.1) is 5.92 Å². The summed E-state index contributed by atoms with van der Waals surface area (Å²) in [6, 6.07) is -2.28. The summed E-state index contributed by atoms with van der Waals surface area (Å²) < 4.78 is 23.2. The first kappa shape index (κ1) is 34.9. The second-order valence-electron chi connectivity index (χ2n) is 11.2. The van der Waals surface area contributed by atoms with Crippen LogP contribution in [0.25, 0.3) is 0 Å². The van der Waals surface area contributed by atoms with Crippen LogP contribution < -0.4 is 28.7 Å². The summed E-state index contributed by atoms with van der Waals surface area (Å²) in [5.74, 6) is -1.69. The van der Waals surface area contributed by atoms with E-state index in [0.717, 1.165) is 0 Å². The monoisotopic (exact) mass is 610 g/mol. The first-order valence-corrected chi connectivity index (χ1v) is 13.9. The lowest BCUT2D eigenvalue weighted by Crippen LogP contribution is -2.67. The van der Waals surface area contributed by atoms with Crippen LogP contribution in [0.3, 0.4) is 0 Å². The van der Waals surface area contributed by atoms with Gasteiger partial charge in [-0.1, -0.05) is 0 Å². The van der Waals surface area contributed by atoms with Gasteiger partial charge in [0.25, 0.3) is 0 Å². The Hall–Kier alpha value is -1.62. The Labute approximate surface area is 242 Å². The molecule has 42 heavy (non-hydrogen) atoms. The van der Waals surface area contributed by atoms with Crippen molar-refractivity contribution in [3.63, 3.8) is 0 Å². The summed E-state index contributed by atoms with van der Waals surface area (Å²) >= 11 is 0. The quantitative estimate of drug-likeness (QED) is 0.0721. The third kappa shape index (κ3) is 7.90. The van der Waals surface area contributed by atoms with Crippen LogP contribution in [-0.2, 0) is 23.7 Å². The van der Waals surface area contributed by atoms with E-state index in [1.165, 1.54) is 6.92 Å². The first-order valence-electron chi connectivity index (χ1n) is 13.9. The van der Waals surface area contributed by atoms with Crippen molar-refractivity contribution >= 4 is 11.7 Å². The van der Waals surface area contributed by atoms with Crippen molar-refractivity contribution < 1.29 is 59.5 Å². The molecule has 16 atom stereocenters. The van der Waals surface area contributed by atoms with Gasteiger partial charge in [-0.2, -0.15) is 0 Å². The normalized spacial score (nSPS) is 44.0. The molecule has 3 aliphatic rings. The second kappa shape index (κ2) is 14.9. The fraction of sp³-hybridized carbons (Fsp3) is 0.917. The number of guanidine groups is 1. The van der Waals surface area contributed by atoms with Crippen LogP contribution in [0.1, 0.15) is 26.2 Å². The van der Waals surface area contributed by atoms with Crippen molar-refractivity contribution in [2.24, 2.45) is 39.6 Å². The van der Waals surface area contributed by atoms with Gasteiger partial charge in [-0.15, -0.1) is 0 Å². The van der Waals surface area contributed by atoms with E-state index in [9.17, 15) is 40.5 Å². The highest BCUT2D eigenvalue weighted by molar-refractivity contribution is 5.83. The minimum Gasteiger partial charge on any atom is -0.391 e. The van der Waals surface area contributed by atoms with E-state index in [2.05, 4.69) is 4.99 Å². The van der Waals surface area contributed by atoms with Gasteiger partial charge in [-0.25, -0.2) is 0 Å². The average molecular weight is 611 g/mol. The zero-order valence-corrected chi connectivity index (χ0v) is 23.3. The van der Waals surface area contributed by atoms with E-state index in [-0.39, 0.29) is 38.3 Å². The molecule has 2 heterocycles. The number of rotatable bonds is 12. The highest BCUT2D eigenvalue weighted by atomic mass is 16.7. The maximum atomic E-state index is 12.6. The Balaban J connectivity index is 1.86. The Morgan fingerprint density at radius 3 is 2.17 bits per heavy atom. The number of ether oxygens (including phenoxy) is 4. The smallest absolute Gasteiger partial charge is 0.187 e. The third-order valence-corrected chi connectivity index (χ3v) is 7.93. The molecular weight excluding hydrogens is 564 g/mol. The standard InChI is InChI=1S/C24H46N6O12/c1-7(31)19-17(37)16(36)13(27)22(40-19)41-20-9(26)4-8(5-11(33)10(32)2-3-25)14(34)21(20)42-23-18(38)15(35)12(39-23)6-30-24(28)29/h7-10,12-23,31-32,34-38H,2-6,25-27H2,1H3,(H4,28,29,30)/t7-,8+,9?,10?,12-,13?,14?,15+,16-,17+,18?,19?,20-,21-,22-,23+/m1/s1. The highest BCUT2D eigenvalue weighted by Crippen LogP contribution is 2.36. The molecule has 18 nitrogen and oxygen atoms in total. The van der Waals surface area contributed by atoms with Gasteiger partial charge in [0.1, 0.15) is 54.9 Å². The van der Waals surface area contributed by atoms with Gasteiger partial charge in [-0.05, 0) is 32.2 Å². The number of carbonyl (C=O) groups is 1. The van der Waals surface area contributed by atoms with Gasteiger partial charge in [0.05, 0.1) is 24.8 Å². The highest BCUT2D eigenvalue weighted by Gasteiger charge is 2.53. The summed E-state index contributed by atoms with van der Waals surface area (Å²) in [4.78, 5) is 16.4. The SMILES string of the molecule is C[C@@H](O)C1O[C@H](O[C@@H]2C(N)C[C@@H](CC(=O)C(O)CCN)C(O)[C@H]2O[C@@H]2O[C@H](CN=C(N)N)[C@H](O)C2O)C(N)[C@@H](O)[C@@H]1O. The average Bonchev–Trinajstić information content (AvgIpc) is 3.19. The van der Waals surface area contributed by atoms with E-state index in [1.54, 1.807) is 0 Å². The van der Waals surface area contributed by atoms with Crippen molar-refractivity contribution in [1.82, 2.24) is 0 Å². The van der Waals surface area contributed by atoms with Gasteiger partial charge in [0.15, 0.2) is 24.3 Å². The predicted molar refractivity (Wildman–Crippen MR) is 143 cm³/mol. The van der Waals surface area contributed by atoms with Gasteiger partial charge >= 0.3 is 0 Å². The summed E-state index contributed by atoms with van der Waals surface area (Å²) in [5.41, 5.74) is 28.6. The molecule has 0 aromatic carbocycles. The zero-order chi connectivity index (χ0) is 31.5. The molecular formula is C24H46N6O12. The van der Waals surface area contributed by atoms with Crippen LogP contribution in [0.4, 0.5) is 0 Å². The number of nitrogens with zero attached hydrogens (tertiary/aromatic N) is 1. The molecule has 0 amide bonds. The molecule has 1 saturated carbocycles. The van der Waals surface area contributed by atoms with E-state index in [0.29, 0.717) is 0 Å². The molecule has 17 N–H and O–H groups in total. The molecule has 3 rings (SSSR count). The van der Waals surface area contributed by atoms with Crippen molar-refractivity contribution in [2.75, 3.05) is 13.1 Å². The molecule has 2 saturated heterocycles. The minimum absolute atomic E-state index is 0.00354. The number of aliphatic imine (C=N–C) groups is 1. The summed E-state index contributed by atoms with van der Waals surface area (Å²) in [6.45, 7) is 1.19. The van der Waals surface area contributed by atoms with Gasteiger partial charge in [-0.3, -0.25) is 9.79 Å². The maximum absolute atomic E-state index is 12.6. The topological polar surface area (TPSA) is 338 Å². The van der Waals surface area contributed by atoms with Crippen LogP contribution >= 0.6 is 0 Å². The number of ketones is 1. The lowest BCUT2D eigenvalue weighted by molar-refractivity contribution is -0.317. The summed E-state index contributed by atoms with van der Waals surface area (Å²) in [7, 11) is 0. The number of aliphatic hydroxyl groups excluding tert-OH is 7. The van der Waals surface area contributed by atoms with E-state index >= 15 is 0 Å². The van der Waals surface area contributed by atoms with E-state index in [1.807, 2.05) is 0 Å². The molecule has 2 aliphatic heterocycles. The molecule has 0 aromatic heterocycles. The maximum Gasteiger partial charge on any atom is 0.187 e. The zero-order valence-electron chi connectivity index (χ0n) is 23.3. The van der Waals surface area contributed by atoms with E-state index in [4.69, 9.17) is 47.6 Å². The van der Waals surface area contributed by atoms with Gasteiger partial charge in [0.2, 0.25) is 0 Å². The summed E-state index contributed by atoms with van der Waals surface area (Å²) in [5, 5.41) is 73.3. The predicted octanol–water partition coefficient (Wildman–Crippen LogP) is -6.99. The van der Waals surface area contributed by atoms with Crippen LogP contribution in [0.5, 0.6) is 0 Å². The van der Waals surface area contributed by atoms with Crippen molar-refractivity contribution in [1.29, 1.82) is 0 Å². The number of nitrogens with two attached hydrogens (primary N) is 5. The van der Waals surface area contributed by atoms with Gasteiger partial charge in [0, 0.05) is 12.5 Å². The molecule has 0 spiro atoms. The Kier molecular flexibility index (Phi) is 12.4. The Morgan fingerprint density at radius 2 is 1.57 bits per heavy atom. The Morgan fingerprint density at radius 1 is 0.929 bits per heavy atom. The lowest BCUT2D eigenvalue weighted by Gasteiger charge is -2.48. The lowest BCUT2D eigenvalue weighted by atomic mass is 9.76. The number of carbonyl (C=O) groups excluding carboxylic acids is 1. The Bertz CT molecular complexity index is 915. The second-order valence-corrected chi connectivity index (χ2v) is 11.2. The third-order valence-electron chi connectivity index (χ3n) is 7.93. The molecule has 0 radical (unpaired) electrons.